The first-order valence-corrected chi connectivity index (χ1v) is 11.2. The second-order valence-electron chi connectivity index (χ2n) is 6.23. The monoisotopic (exact) mass is 425 g/mol. The lowest BCUT2D eigenvalue weighted by Crippen LogP contribution is -2.30. The normalized spacial score (nSPS) is 11.3. The van der Waals surface area contributed by atoms with Crippen molar-refractivity contribution in [3.8, 4) is 11.4 Å². The Morgan fingerprint density at radius 2 is 1.83 bits per heavy atom. The molecule has 4 rings (SSSR count). The molecule has 0 saturated heterocycles. The van der Waals surface area contributed by atoms with Gasteiger partial charge in [-0.15, -0.1) is 11.3 Å². The van der Waals surface area contributed by atoms with Crippen LogP contribution >= 0.6 is 11.3 Å². The Morgan fingerprint density at radius 3 is 2.48 bits per heavy atom. The molecule has 0 amide bonds. The van der Waals surface area contributed by atoms with Crippen molar-refractivity contribution in [3.63, 3.8) is 0 Å². The molecule has 2 aromatic heterocycles. The Labute approximate surface area is 173 Å². The lowest BCUT2D eigenvalue weighted by atomic mass is 10.2. The summed E-state index contributed by atoms with van der Waals surface area (Å²) in [6.45, 7) is 0.181. The van der Waals surface area contributed by atoms with Gasteiger partial charge in [-0.2, -0.15) is 5.10 Å². The minimum Gasteiger partial charge on any atom is -0.495 e. The zero-order valence-corrected chi connectivity index (χ0v) is 17.3. The quantitative estimate of drug-likeness (QED) is 0.442. The van der Waals surface area contributed by atoms with E-state index in [1.54, 1.807) is 46.6 Å². The topological polar surface area (TPSA) is 64.4 Å². The van der Waals surface area contributed by atoms with Gasteiger partial charge >= 0.3 is 0 Å². The van der Waals surface area contributed by atoms with Gasteiger partial charge in [-0.25, -0.2) is 13.1 Å². The van der Waals surface area contributed by atoms with Gasteiger partial charge in [0.2, 0.25) is 0 Å². The zero-order valence-electron chi connectivity index (χ0n) is 15.7. The van der Waals surface area contributed by atoms with Crippen LogP contribution in [0.5, 0.6) is 5.75 Å². The number of hydrogen-bond acceptors (Lipinski definition) is 5. The van der Waals surface area contributed by atoms with Crippen molar-refractivity contribution in [1.82, 2.24) is 9.78 Å². The summed E-state index contributed by atoms with van der Waals surface area (Å²) < 4.78 is 35.6. The maximum atomic E-state index is 13.4. The molecule has 0 aliphatic carbocycles. The summed E-state index contributed by atoms with van der Waals surface area (Å²) in [4.78, 5) is 0. The van der Waals surface area contributed by atoms with Crippen LogP contribution in [0, 0.1) is 0 Å². The van der Waals surface area contributed by atoms with E-state index in [-0.39, 0.29) is 10.8 Å². The summed E-state index contributed by atoms with van der Waals surface area (Å²) in [6.07, 6.45) is 3.57. The van der Waals surface area contributed by atoms with Crippen LogP contribution in [0.25, 0.3) is 5.69 Å². The number of ether oxygens (including phenoxy) is 1. The Kier molecular flexibility index (Phi) is 5.37. The van der Waals surface area contributed by atoms with E-state index >= 15 is 0 Å². The Hall–Kier alpha value is -3.10. The molecular weight excluding hydrogens is 406 g/mol. The second-order valence-corrected chi connectivity index (χ2v) is 9.27. The van der Waals surface area contributed by atoms with Crippen LogP contribution in [-0.4, -0.2) is 25.3 Å². The summed E-state index contributed by atoms with van der Waals surface area (Å²) >= 11 is 1.20. The highest BCUT2D eigenvalue weighted by atomic mass is 32.2. The molecule has 0 fully saturated rings. The first kappa shape index (κ1) is 19.2. The number of rotatable bonds is 7. The van der Waals surface area contributed by atoms with Crippen LogP contribution in [0.3, 0.4) is 0 Å². The first-order valence-electron chi connectivity index (χ1n) is 8.88. The molecule has 0 aliphatic heterocycles. The third kappa shape index (κ3) is 3.90. The predicted molar refractivity (Wildman–Crippen MR) is 114 cm³/mol. The SMILES string of the molecule is COc1ccccc1N(Cc1ccc(-n2cccn2)cc1)S(=O)(=O)c1cccs1. The minimum absolute atomic E-state index is 0.181. The highest BCUT2D eigenvalue weighted by Crippen LogP contribution is 2.34. The molecular formula is C21H19N3O3S2. The molecule has 0 N–H and O–H groups in total. The van der Waals surface area contributed by atoms with Gasteiger partial charge in [0, 0.05) is 12.4 Å². The Bertz CT molecular complexity index is 1170. The summed E-state index contributed by atoms with van der Waals surface area (Å²) in [5, 5.41) is 5.97. The number of benzene rings is 2. The van der Waals surface area contributed by atoms with Crippen molar-refractivity contribution in [2.45, 2.75) is 10.8 Å². The lowest BCUT2D eigenvalue weighted by Gasteiger charge is -2.25. The van der Waals surface area contributed by atoms with E-state index < -0.39 is 10.0 Å². The number of methoxy groups -OCH3 is 1. The molecule has 6 nitrogen and oxygen atoms in total. The number of hydrogen-bond donors (Lipinski definition) is 0. The molecule has 0 unspecified atom stereocenters. The molecule has 29 heavy (non-hydrogen) atoms. The highest BCUT2D eigenvalue weighted by molar-refractivity contribution is 7.94. The number of para-hydroxylation sites is 2. The summed E-state index contributed by atoms with van der Waals surface area (Å²) in [7, 11) is -2.21. The van der Waals surface area contributed by atoms with Crippen LogP contribution in [0.1, 0.15) is 5.56 Å². The maximum Gasteiger partial charge on any atom is 0.274 e. The average molecular weight is 426 g/mol. The fourth-order valence-corrected chi connectivity index (χ4v) is 5.56. The third-order valence-corrected chi connectivity index (χ3v) is 7.56. The molecule has 0 aliphatic rings. The number of nitrogens with zero attached hydrogens (tertiary/aromatic N) is 3. The van der Waals surface area contributed by atoms with Crippen molar-refractivity contribution in [2.24, 2.45) is 0 Å². The van der Waals surface area contributed by atoms with E-state index in [2.05, 4.69) is 5.10 Å². The second kappa shape index (κ2) is 8.10. The molecule has 2 heterocycles. The molecule has 0 atom stereocenters. The van der Waals surface area contributed by atoms with Gasteiger partial charge in [0.25, 0.3) is 10.0 Å². The third-order valence-electron chi connectivity index (χ3n) is 4.42. The van der Waals surface area contributed by atoms with Gasteiger partial charge < -0.3 is 4.74 Å². The molecule has 0 saturated carbocycles. The van der Waals surface area contributed by atoms with Gasteiger partial charge in [-0.3, -0.25) is 4.31 Å². The van der Waals surface area contributed by atoms with Gasteiger partial charge in [0.1, 0.15) is 9.96 Å². The molecule has 4 aromatic rings. The molecule has 0 radical (unpaired) electrons. The molecule has 0 bridgehead atoms. The summed E-state index contributed by atoms with van der Waals surface area (Å²) in [5.74, 6) is 0.501. The highest BCUT2D eigenvalue weighted by Gasteiger charge is 2.28. The van der Waals surface area contributed by atoms with Gasteiger partial charge in [-0.05, 0) is 47.3 Å². The van der Waals surface area contributed by atoms with Crippen molar-refractivity contribution in [1.29, 1.82) is 0 Å². The van der Waals surface area contributed by atoms with Crippen molar-refractivity contribution < 1.29 is 13.2 Å². The van der Waals surface area contributed by atoms with E-state index in [9.17, 15) is 8.42 Å². The van der Waals surface area contributed by atoms with E-state index in [4.69, 9.17) is 4.74 Å². The van der Waals surface area contributed by atoms with Gasteiger partial charge in [0.05, 0.1) is 25.0 Å². The van der Waals surface area contributed by atoms with Crippen LogP contribution in [0.4, 0.5) is 5.69 Å². The standard InChI is InChI=1S/C21H19N3O3S2/c1-27-20-7-3-2-6-19(20)24(29(25,26)21-8-4-15-28-21)16-17-9-11-18(12-10-17)23-14-5-13-22-23/h2-15H,16H2,1H3. The first-order chi connectivity index (χ1) is 14.1. The Morgan fingerprint density at radius 1 is 1.03 bits per heavy atom. The van der Waals surface area contributed by atoms with Crippen molar-refractivity contribution in [3.05, 3.63) is 90.1 Å². The van der Waals surface area contributed by atoms with E-state index in [1.165, 1.54) is 22.8 Å². The van der Waals surface area contributed by atoms with Crippen LogP contribution in [-0.2, 0) is 16.6 Å². The number of aromatic nitrogens is 2. The molecule has 8 heteroatoms. The molecule has 0 spiro atoms. The van der Waals surface area contributed by atoms with Crippen molar-refractivity contribution in [2.75, 3.05) is 11.4 Å². The van der Waals surface area contributed by atoms with E-state index in [1.807, 2.05) is 42.6 Å². The van der Waals surface area contributed by atoms with Crippen LogP contribution in [0.15, 0.2) is 88.7 Å². The minimum atomic E-state index is -3.74. The van der Waals surface area contributed by atoms with Gasteiger partial charge in [-0.1, -0.05) is 30.3 Å². The number of thiophene rings is 1. The van der Waals surface area contributed by atoms with Gasteiger partial charge in [0.15, 0.2) is 0 Å². The fourth-order valence-electron chi connectivity index (χ4n) is 3.00. The molecule has 2 aromatic carbocycles. The number of anilines is 1. The largest absolute Gasteiger partial charge is 0.495 e. The predicted octanol–water partition coefficient (Wildman–Crippen LogP) is 4.34. The van der Waals surface area contributed by atoms with E-state index in [0.29, 0.717) is 11.4 Å². The maximum absolute atomic E-state index is 13.4. The average Bonchev–Trinajstić information content (AvgIpc) is 3.47. The zero-order chi connectivity index (χ0) is 20.3. The van der Waals surface area contributed by atoms with E-state index in [0.717, 1.165) is 11.3 Å². The summed E-state index contributed by atoms with van der Waals surface area (Å²) in [5.41, 5.74) is 2.26. The summed E-state index contributed by atoms with van der Waals surface area (Å²) in [6, 6.07) is 20.0. The fraction of sp³-hybridized carbons (Fsp3) is 0.0952. The smallest absolute Gasteiger partial charge is 0.274 e. The molecule has 148 valence electrons. The lowest BCUT2D eigenvalue weighted by molar-refractivity contribution is 0.415. The van der Waals surface area contributed by atoms with Crippen molar-refractivity contribution >= 4 is 27.0 Å². The van der Waals surface area contributed by atoms with Crippen LogP contribution < -0.4 is 9.04 Å². The Balaban J connectivity index is 1.73. The van der Waals surface area contributed by atoms with Crippen LogP contribution in [0.2, 0.25) is 0 Å². The number of sulfonamides is 1.